The number of likely N-dealkylation sites (N-methyl/N-ethyl adjacent to an activating group) is 2. The van der Waals surface area contributed by atoms with E-state index in [2.05, 4.69) is 49.2 Å². The number of ether oxygens (including phenoxy) is 1. The Kier molecular flexibility index (Phi) is 6.74. The highest BCUT2D eigenvalue weighted by molar-refractivity contribution is 5.82. The molecule has 1 unspecified atom stereocenters. The van der Waals surface area contributed by atoms with E-state index in [0.717, 1.165) is 36.4 Å². The molecule has 0 N–H and O–H groups in total. The maximum absolute atomic E-state index is 12.8. The summed E-state index contributed by atoms with van der Waals surface area (Å²) in [5.41, 5.74) is 4.93. The fourth-order valence-electron chi connectivity index (χ4n) is 3.73. The van der Waals surface area contributed by atoms with E-state index in [1.165, 1.54) is 17.5 Å². The molecule has 0 bridgehead atoms. The van der Waals surface area contributed by atoms with Gasteiger partial charge >= 0.3 is 0 Å². The molecule has 1 amide bonds. The number of para-hydroxylation sites is 1. The number of benzene rings is 2. The van der Waals surface area contributed by atoms with Gasteiger partial charge in [-0.1, -0.05) is 55.8 Å². The van der Waals surface area contributed by atoms with Gasteiger partial charge in [0.1, 0.15) is 5.75 Å². The summed E-state index contributed by atoms with van der Waals surface area (Å²) in [4.78, 5) is 16.8. The molecule has 28 heavy (non-hydrogen) atoms. The summed E-state index contributed by atoms with van der Waals surface area (Å²) < 4.78 is 5.95. The topological polar surface area (TPSA) is 32.8 Å². The normalized spacial score (nSPS) is 15.4. The molecule has 3 rings (SSSR count). The molecular formula is C24H32N2O2. The van der Waals surface area contributed by atoms with Crippen LogP contribution in [0.25, 0.3) is 0 Å². The van der Waals surface area contributed by atoms with Gasteiger partial charge in [0.05, 0.1) is 0 Å². The Labute approximate surface area is 169 Å². The average molecular weight is 381 g/mol. The highest BCUT2D eigenvalue weighted by atomic mass is 16.5. The van der Waals surface area contributed by atoms with Gasteiger partial charge in [-0.3, -0.25) is 4.79 Å². The molecule has 0 spiro atoms. The molecule has 2 aromatic rings. The lowest BCUT2D eigenvalue weighted by Crippen LogP contribution is -2.42. The number of amides is 1. The molecule has 0 saturated heterocycles. The van der Waals surface area contributed by atoms with Crippen LogP contribution in [0.2, 0.25) is 0 Å². The molecule has 150 valence electrons. The second kappa shape index (κ2) is 9.24. The van der Waals surface area contributed by atoms with E-state index in [-0.39, 0.29) is 5.91 Å². The molecule has 4 nitrogen and oxygen atoms in total. The van der Waals surface area contributed by atoms with Gasteiger partial charge in [0.25, 0.3) is 5.91 Å². The highest BCUT2D eigenvalue weighted by Gasteiger charge is 2.31. The second-order valence-electron chi connectivity index (χ2n) is 7.94. The first-order valence-corrected chi connectivity index (χ1v) is 10.2. The van der Waals surface area contributed by atoms with Gasteiger partial charge in [0.15, 0.2) is 6.10 Å². The summed E-state index contributed by atoms with van der Waals surface area (Å²) in [6.45, 7) is 6.64. The number of hydrogen-bond acceptors (Lipinski definition) is 3. The van der Waals surface area contributed by atoms with E-state index in [4.69, 9.17) is 4.74 Å². The van der Waals surface area contributed by atoms with Crippen LogP contribution in [-0.2, 0) is 24.2 Å². The number of carbonyl (C=O) groups is 1. The van der Waals surface area contributed by atoms with Crippen molar-refractivity contribution in [3.8, 4) is 5.75 Å². The Morgan fingerprint density at radius 1 is 1.07 bits per heavy atom. The van der Waals surface area contributed by atoms with Gasteiger partial charge in [0.2, 0.25) is 0 Å². The predicted molar refractivity (Wildman–Crippen MR) is 114 cm³/mol. The third kappa shape index (κ3) is 4.93. The van der Waals surface area contributed by atoms with Crippen LogP contribution in [0, 0.1) is 6.92 Å². The van der Waals surface area contributed by atoms with Crippen LogP contribution < -0.4 is 4.74 Å². The molecule has 0 saturated carbocycles. The van der Waals surface area contributed by atoms with Crippen molar-refractivity contribution in [3.05, 3.63) is 64.7 Å². The van der Waals surface area contributed by atoms with Crippen molar-refractivity contribution in [1.82, 2.24) is 9.80 Å². The van der Waals surface area contributed by atoms with Gasteiger partial charge in [-0.15, -0.1) is 0 Å². The highest BCUT2D eigenvalue weighted by Crippen LogP contribution is 2.32. The van der Waals surface area contributed by atoms with Crippen molar-refractivity contribution >= 4 is 5.91 Å². The maximum Gasteiger partial charge on any atom is 0.263 e. The minimum Gasteiger partial charge on any atom is -0.480 e. The molecule has 0 radical (unpaired) electrons. The molecule has 0 aliphatic carbocycles. The first-order chi connectivity index (χ1) is 13.5. The SMILES string of the molecule is CCCc1ccc(CN(C)CCN(C)C(=O)C2Cc3cccc(C)c3O2)cc1. The zero-order valence-electron chi connectivity index (χ0n) is 17.6. The number of nitrogens with zero attached hydrogens (tertiary/aromatic N) is 2. The Hall–Kier alpha value is -2.33. The standard InChI is InChI=1S/C24H32N2O2/c1-5-7-19-10-12-20(13-11-19)17-25(3)14-15-26(4)24(27)22-16-21-9-6-8-18(2)23(21)28-22/h6,8-13,22H,5,7,14-17H2,1-4H3. The fraction of sp³-hybridized carbons (Fsp3) is 0.458. The number of hydrogen-bond donors (Lipinski definition) is 0. The lowest BCUT2D eigenvalue weighted by Gasteiger charge is -2.24. The van der Waals surface area contributed by atoms with Gasteiger partial charge < -0.3 is 14.5 Å². The van der Waals surface area contributed by atoms with E-state index < -0.39 is 6.10 Å². The van der Waals surface area contributed by atoms with Crippen molar-refractivity contribution in [2.75, 3.05) is 27.2 Å². The van der Waals surface area contributed by atoms with Crippen LogP contribution in [0.5, 0.6) is 5.75 Å². The molecule has 0 fully saturated rings. The predicted octanol–water partition coefficient (Wildman–Crippen LogP) is 3.84. The zero-order chi connectivity index (χ0) is 20.1. The van der Waals surface area contributed by atoms with Crippen LogP contribution >= 0.6 is 0 Å². The first kappa shape index (κ1) is 20.4. The van der Waals surface area contributed by atoms with Crippen LogP contribution in [-0.4, -0.2) is 49.0 Å². The summed E-state index contributed by atoms with van der Waals surface area (Å²) in [6.07, 6.45) is 2.59. The summed E-state index contributed by atoms with van der Waals surface area (Å²) in [5.74, 6) is 0.950. The number of rotatable bonds is 8. The van der Waals surface area contributed by atoms with Crippen LogP contribution in [0.3, 0.4) is 0 Å². The summed E-state index contributed by atoms with van der Waals surface area (Å²) in [6, 6.07) is 15.0. The third-order valence-corrected chi connectivity index (χ3v) is 5.44. The van der Waals surface area contributed by atoms with E-state index in [1.807, 2.05) is 26.1 Å². The smallest absolute Gasteiger partial charge is 0.263 e. The van der Waals surface area contributed by atoms with Crippen molar-refractivity contribution in [1.29, 1.82) is 0 Å². The molecule has 1 heterocycles. The minimum atomic E-state index is -0.391. The molecule has 0 aromatic heterocycles. The Balaban J connectivity index is 1.46. The Morgan fingerprint density at radius 2 is 1.79 bits per heavy atom. The molecule has 1 atom stereocenters. The van der Waals surface area contributed by atoms with Crippen LogP contribution in [0.4, 0.5) is 0 Å². The largest absolute Gasteiger partial charge is 0.480 e. The van der Waals surface area contributed by atoms with E-state index >= 15 is 0 Å². The fourth-order valence-corrected chi connectivity index (χ4v) is 3.73. The van der Waals surface area contributed by atoms with Crippen molar-refractivity contribution in [2.45, 2.75) is 45.8 Å². The molecule has 1 aliphatic heterocycles. The van der Waals surface area contributed by atoms with E-state index in [1.54, 1.807) is 4.90 Å². The zero-order valence-corrected chi connectivity index (χ0v) is 17.6. The lowest BCUT2D eigenvalue weighted by atomic mass is 10.1. The Bertz CT molecular complexity index is 801. The third-order valence-electron chi connectivity index (χ3n) is 5.44. The number of carbonyl (C=O) groups excluding carboxylic acids is 1. The van der Waals surface area contributed by atoms with Gasteiger partial charge in [-0.05, 0) is 42.6 Å². The summed E-state index contributed by atoms with van der Waals surface area (Å²) in [5, 5.41) is 0. The second-order valence-corrected chi connectivity index (χ2v) is 7.94. The molecular weight excluding hydrogens is 348 g/mol. The quantitative estimate of drug-likeness (QED) is 0.698. The molecule has 1 aliphatic rings. The number of fused-ring (bicyclic) bond motifs is 1. The van der Waals surface area contributed by atoms with Crippen LogP contribution in [0.15, 0.2) is 42.5 Å². The van der Waals surface area contributed by atoms with E-state index in [9.17, 15) is 4.79 Å². The minimum absolute atomic E-state index is 0.0629. The lowest BCUT2D eigenvalue weighted by molar-refractivity contribution is -0.136. The molecule has 4 heteroatoms. The van der Waals surface area contributed by atoms with Crippen molar-refractivity contribution < 1.29 is 9.53 Å². The molecule has 2 aromatic carbocycles. The average Bonchev–Trinajstić information content (AvgIpc) is 3.13. The van der Waals surface area contributed by atoms with Crippen molar-refractivity contribution in [2.24, 2.45) is 0 Å². The summed E-state index contributed by atoms with van der Waals surface area (Å²) in [7, 11) is 3.97. The monoisotopic (exact) mass is 380 g/mol. The number of aryl methyl sites for hydroxylation is 2. The van der Waals surface area contributed by atoms with E-state index in [0.29, 0.717) is 13.0 Å². The Morgan fingerprint density at radius 3 is 2.46 bits per heavy atom. The van der Waals surface area contributed by atoms with Crippen LogP contribution in [0.1, 0.15) is 35.6 Å². The van der Waals surface area contributed by atoms with Gasteiger partial charge in [0, 0.05) is 33.1 Å². The van der Waals surface area contributed by atoms with Gasteiger partial charge in [-0.25, -0.2) is 0 Å². The maximum atomic E-state index is 12.8. The van der Waals surface area contributed by atoms with Gasteiger partial charge in [-0.2, -0.15) is 0 Å². The first-order valence-electron chi connectivity index (χ1n) is 10.2. The summed E-state index contributed by atoms with van der Waals surface area (Å²) >= 11 is 0. The van der Waals surface area contributed by atoms with Crippen molar-refractivity contribution in [3.63, 3.8) is 0 Å².